The molecule has 0 aromatic heterocycles. The smallest absolute Gasteiger partial charge is 0.338 e. The summed E-state index contributed by atoms with van der Waals surface area (Å²) in [4.78, 5) is 25.0. The molecule has 1 aliphatic rings. The summed E-state index contributed by atoms with van der Waals surface area (Å²) in [6.07, 6.45) is 0. The maximum Gasteiger partial charge on any atom is 0.338 e. The first kappa shape index (κ1) is 24.7. The van der Waals surface area contributed by atoms with E-state index in [1.165, 1.54) is 0 Å². The summed E-state index contributed by atoms with van der Waals surface area (Å²) in [5.74, 6) is -1.95. The fourth-order valence-electron chi connectivity index (χ4n) is 3.45. The summed E-state index contributed by atoms with van der Waals surface area (Å²) >= 11 is 5.74. The molecule has 0 fully saturated rings. The molecule has 0 saturated carbocycles. The molecule has 7 nitrogen and oxygen atoms in total. The van der Waals surface area contributed by atoms with E-state index in [9.17, 15) is 22.4 Å². The van der Waals surface area contributed by atoms with Gasteiger partial charge in [-0.3, -0.25) is 0 Å². The third kappa shape index (κ3) is 5.54. The second-order valence-electron chi connectivity index (χ2n) is 7.80. The van der Waals surface area contributed by atoms with E-state index >= 15 is 0 Å². The van der Waals surface area contributed by atoms with Crippen LogP contribution in [0.25, 0.3) is 0 Å². The van der Waals surface area contributed by atoms with E-state index in [4.69, 9.17) is 16.3 Å². The maximum absolute atomic E-state index is 13.5. The lowest BCUT2D eigenvalue weighted by Crippen LogP contribution is -2.47. The molecule has 176 valence electrons. The third-order valence-corrected chi connectivity index (χ3v) is 7.10. The van der Waals surface area contributed by atoms with Gasteiger partial charge in [0.2, 0.25) is 0 Å². The zero-order valence-electron chi connectivity index (χ0n) is 18.3. The van der Waals surface area contributed by atoms with Crippen LogP contribution in [0.2, 0.25) is 5.02 Å². The molecule has 0 saturated heterocycles. The van der Waals surface area contributed by atoms with Gasteiger partial charge in [-0.05, 0) is 42.2 Å². The van der Waals surface area contributed by atoms with Gasteiger partial charge >= 0.3 is 12.0 Å². The fourth-order valence-corrected chi connectivity index (χ4v) is 5.04. The molecule has 33 heavy (non-hydrogen) atoms. The molecular weight excluding hydrogens is 471 g/mol. The molecule has 1 aliphatic heterocycles. The Kier molecular flexibility index (Phi) is 7.44. The molecule has 0 spiro atoms. The number of esters is 1. The van der Waals surface area contributed by atoms with Crippen LogP contribution in [0.15, 0.2) is 58.6 Å². The Morgan fingerprint density at radius 3 is 2.42 bits per heavy atom. The number of hydrogen-bond acceptors (Lipinski definition) is 5. The number of amides is 2. The lowest BCUT2D eigenvalue weighted by molar-refractivity contribution is -0.139. The van der Waals surface area contributed by atoms with Crippen LogP contribution >= 0.6 is 11.6 Å². The molecule has 1 atom stereocenters. The molecule has 0 bridgehead atoms. The third-order valence-electron chi connectivity index (χ3n) is 5.17. The van der Waals surface area contributed by atoms with Crippen molar-refractivity contribution in [2.24, 2.45) is 0 Å². The topological polar surface area (TPSA) is 102 Å². The van der Waals surface area contributed by atoms with E-state index in [1.807, 2.05) is 26.0 Å². The van der Waals surface area contributed by atoms with Gasteiger partial charge in [-0.2, -0.15) is 0 Å². The molecule has 2 aromatic rings. The van der Waals surface area contributed by atoms with Crippen LogP contribution in [-0.2, 0) is 19.4 Å². The van der Waals surface area contributed by atoms with E-state index in [1.54, 1.807) is 19.1 Å². The summed E-state index contributed by atoms with van der Waals surface area (Å²) in [5, 5.41) is 4.74. The highest BCUT2D eigenvalue weighted by molar-refractivity contribution is 7.91. The average Bonchev–Trinajstić information content (AvgIpc) is 2.75. The summed E-state index contributed by atoms with van der Waals surface area (Å²) in [7, 11) is -4.09. The van der Waals surface area contributed by atoms with Gasteiger partial charge in [0.1, 0.15) is 5.82 Å². The van der Waals surface area contributed by atoms with E-state index in [0.29, 0.717) is 5.56 Å². The van der Waals surface area contributed by atoms with Crippen molar-refractivity contribution in [3.8, 4) is 0 Å². The molecule has 0 aliphatic carbocycles. The van der Waals surface area contributed by atoms with E-state index in [0.717, 1.165) is 23.8 Å². The number of sulfone groups is 1. The second-order valence-corrected chi connectivity index (χ2v) is 10.2. The molecule has 0 radical (unpaired) electrons. The van der Waals surface area contributed by atoms with Crippen LogP contribution < -0.4 is 10.6 Å². The number of rotatable bonds is 7. The molecule has 3 rings (SSSR count). The molecular formula is C23H24ClFN2O5S. The molecule has 1 unspecified atom stereocenters. The largest absolute Gasteiger partial charge is 0.463 e. The zero-order chi connectivity index (χ0) is 24.3. The Morgan fingerprint density at radius 1 is 1.18 bits per heavy atom. The highest BCUT2D eigenvalue weighted by Crippen LogP contribution is 2.31. The lowest BCUT2D eigenvalue weighted by atomic mass is 9.93. The average molecular weight is 495 g/mol. The highest BCUT2D eigenvalue weighted by Gasteiger charge is 2.35. The van der Waals surface area contributed by atoms with Gasteiger partial charge in [-0.25, -0.2) is 22.4 Å². The summed E-state index contributed by atoms with van der Waals surface area (Å²) in [6, 6.07) is 8.74. The van der Waals surface area contributed by atoms with Crippen LogP contribution in [0.3, 0.4) is 0 Å². The van der Waals surface area contributed by atoms with Gasteiger partial charge in [-0.1, -0.05) is 49.7 Å². The molecule has 1 heterocycles. The fraction of sp³-hybridized carbons (Fsp3) is 0.304. The SMILES string of the molecule is CCOC(=O)C1=C(CS(=O)(=O)c2ccc(F)c(Cl)c2)NC(=O)NC1c1ccc(C(C)C)cc1. The second kappa shape index (κ2) is 9.93. The molecule has 2 amide bonds. The van der Waals surface area contributed by atoms with Crippen LogP contribution in [-0.4, -0.2) is 32.8 Å². The highest BCUT2D eigenvalue weighted by atomic mass is 35.5. The number of benzene rings is 2. The van der Waals surface area contributed by atoms with Gasteiger partial charge in [-0.15, -0.1) is 0 Å². The number of urea groups is 1. The van der Waals surface area contributed by atoms with E-state index in [2.05, 4.69) is 10.6 Å². The van der Waals surface area contributed by atoms with Gasteiger partial charge in [0.15, 0.2) is 9.84 Å². The van der Waals surface area contributed by atoms with Crippen molar-refractivity contribution in [2.75, 3.05) is 12.4 Å². The summed E-state index contributed by atoms with van der Waals surface area (Å²) in [5.41, 5.74) is 1.52. The minimum atomic E-state index is -4.09. The van der Waals surface area contributed by atoms with Gasteiger partial charge in [0, 0.05) is 5.70 Å². The minimum absolute atomic E-state index is 0.0227. The normalized spacial score (nSPS) is 16.4. The number of hydrogen-bond donors (Lipinski definition) is 2. The Morgan fingerprint density at radius 2 is 1.85 bits per heavy atom. The van der Waals surface area contributed by atoms with Crippen LogP contribution in [0.1, 0.15) is 43.9 Å². The predicted octanol–water partition coefficient (Wildman–Crippen LogP) is 4.25. The van der Waals surface area contributed by atoms with Crippen LogP contribution in [0.4, 0.5) is 9.18 Å². The predicted molar refractivity (Wildman–Crippen MR) is 122 cm³/mol. The zero-order valence-corrected chi connectivity index (χ0v) is 19.9. The Hall–Kier alpha value is -2.91. The molecule has 10 heteroatoms. The Bertz CT molecular complexity index is 1210. The Balaban J connectivity index is 2.09. The summed E-state index contributed by atoms with van der Waals surface area (Å²) in [6.45, 7) is 5.76. The van der Waals surface area contributed by atoms with Gasteiger partial charge in [0.05, 0.1) is 33.9 Å². The number of carbonyl (C=O) groups is 2. The lowest BCUT2D eigenvalue weighted by Gasteiger charge is -2.29. The quantitative estimate of drug-likeness (QED) is 0.442. The number of carbonyl (C=O) groups excluding carboxylic acids is 2. The van der Waals surface area contributed by atoms with Crippen molar-refractivity contribution in [2.45, 2.75) is 37.6 Å². The van der Waals surface area contributed by atoms with Crippen molar-refractivity contribution < 1.29 is 27.1 Å². The van der Waals surface area contributed by atoms with Crippen LogP contribution in [0.5, 0.6) is 0 Å². The van der Waals surface area contributed by atoms with Crippen molar-refractivity contribution in [3.63, 3.8) is 0 Å². The first-order valence-electron chi connectivity index (χ1n) is 10.3. The maximum atomic E-state index is 13.5. The van der Waals surface area contributed by atoms with Crippen molar-refractivity contribution in [3.05, 3.63) is 75.7 Å². The first-order valence-corrected chi connectivity index (χ1v) is 12.3. The minimum Gasteiger partial charge on any atom is -0.463 e. The van der Waals surface area contributed by atoms with Crippen LogP contribution in [0, 0.1) is 5.82 Å². The van der Waals surface area contributed by atoms with Gasteiger partial charge < -0.3 is 15.4 Å². The number of ether oxygens (including phenoxy) is 1. The monoisotopic (exact) mass is 494 g/mol. The van der Waals surface area contributed by atoms with Crippen molar-refractivity contribution in [1.82, 2.24) is 10.6 Å². The number of nitrogens with one attached hydrogen (secondary N) is 2. The van der Waals surface area contributed by atoms with Gasteiger partial charge in [0.25, 0.3) is 0 Å². The first-order chi connectivity index (χ1) is 15.5. The Labute approximate surface area is 196 Å². The molecule has 2 aromatic carbocycles. The van der Waals surface area contributed by atoms with Crippen molar-refractivity contribution in [1.29, 1.82) is 0 Å². The summed E-state index contributed by atoms with van der Waals surface area (Å²) < 4.78 is 44.7. The number of halogens is 2. The standard InChI is InChI=1S/C23H24ClFN2O5S/c1-4-32-22(28)20-19(12-33(30,31)16-9-10-18(25)17(24)11-16)26-23(29)27-21(20)15-7-5-14(6-8-15)13(2)3/h5-11,13,21H,4,12H2,1-3H3,(H2,26,27,29). The van der Waals surface area contributed by atoms with E-state index in [-0.39, 0.29) is 33.7 Å². The van der Waals surface area contributed by atoms with Crippen molar-refractivity contribution >= 4 is 33.4 Å². The molecule has 2 N–H and O–H groups in total. The van der Waals surface area contributed by atoms with E-state index < -0.39 is 39.4 Å².